The zero-order valence-electron chi connectivity index (χ0n) is 8.16. The van der Waals surface area contributed by atoms with Crippen LogP contribution in [0.15, 0.2) is 24.3 Å². The third-order valence-corrected chi connectivity index (χ3v) is 3.14. The minimum Gasteiger partial charge on any atom is -0.376 e. The first-order valence-electron chi connectivity index (χ1n) is 4.86. The van der Waals surface area contributed by atoms with E-state index >= 15 is 0 Å². The van der Waals surface area contributed by atoms with Gasteiger partial charge in [-0.1, -0.05) is 23.7 Å². The molecule has 4 heteroatoms. The molecular formula is C11H12Cl2O2. The standard InChI is InChI=1S/C11H12Cl2O2/c12-9-3-1-8(2-4-9)11(13)10-7-14-5-6-15-10/h1-4,10-11H,5-7H2. The number of ether oxygens (including phenoxy) is 2. The van der Waals surface area contributed by atoms with Crippen molar-refractivity contribution in [3.05, 3.63) is 34.9 Å². The molecule has 1 aliphatic heterocycles. The molecule has 82 valence electrons. The van der Waals surface area contributed by atoms with Gasteiger partial charge in [-0.3, -0.25) is 0 Å². The minimum atomic E-state index is -0.178. The summed E-state index contributed by atoms with van der Waals surface area (Å²) in [5, 5.41) is 0.533. The topological polar surface area (TPSA) is 18.5 Å². The highest BCUT2D eigenvalue weighted by atomic mass is 35.5. The highest BCUT2D eigenvalue weighted by Crippen LogP contribution is 2.28. The van der Waals surface area contributed by atoms with Crippen LogP contribution in [0.5, 0.6) is 0 Å². The number of hydrogen-bond acceptors (Lipinski definition) is 2. The molecule has 1 aromatic rings. The molecule has 2 atom stereocenters. The lowest BCUT2D eigenvalue weighted by molar-refractivity contribution is -0.0892. The molecule has 1 saturated heterocycles. The lowest BCUT2D eigenvalue weighted by Gasteiger charge is -2.26. The molecule has 0 aliphatic carbocycles. The molecule has 1 aliphatic rings. The summed E-state index contributed by atoms with van der Waals surface area (Å²) in [5.41, 5.74) is 1.01. The first-order valence-corrected chi connectivity index (χ1v) is 5.67. The van der Waals surface area contributed by atoms with Crippen molar-refractivity contribution >= 4 is 23.2 Å². The van der Waals surface area contributed by atoms with E-state index in [-0.39, 0.29) is 11.5 Å². The van der Waals surface area contributed by atoms with E-state index in [0.29, 0.717) is 24.8 Å². The Labute approximate surface area is 99.1 Å². The fourth-order valence-corrected chi connectivity index (χ4v) is 1.95. The van der Waals surface area contributed by atoms with Crippen molar-refractivity contribution in [2.45, 2.75) is 11.5 Å². The molecule has 1 fully saturated rings. The number of rotatable bonds is 2. The van der Waals surface area contributed by atoms with Gasteiger partial charge in [0.2, 0.25) is 0 Å². The summed E-state index contributed by atoms with van der Waals surface area (Å²) >= 11 is 12.1. The molecule has 2 rings (SSSR count). The average Bonchev–Trinajstić information content (AvgIpc) is 2.30. The Morgan fingerprint density at radius 2 is 1.93 bits per heavy atom. The van der Waals surface area contributed by atoms with Crippen LogP contribution in [0.4, 0.5) is 0 Å². The van der Waals surface area contributed by atoms with Crippen LogP contribution in [0, 0.1) is 0 Å². The van der Waals surface area contributed by atoms with Gasteiger partial charge in [-0.05, 0) is 17.7 Å². The predicted octanol–water partition coefficient (Wildman–Crippen LogP) is 3.04. The maximum Gasteiger partial charge on any atom is 0.101 e. The van der Waals surface area contributed by atoms with Crippen molar-refractivity contribution in [3.63, 3.8) is 0 Å². The van der Waals surface area contributed by atoms with E-state index in [1.54, 1.807) is 0 Å². The predicted molar refractivity (Wildman–Crippen MR) is 60.6 cm³/mol. The second kappa shape index (κ2) is 5.17. The average molecular weight is 247 g/mol. The smallest absolute Gasteiger partial charge is 0.101 e. The first kappa shape index (κ1) is 11.2. The van der Waals surface area contributed by atoms with E-state index in [1.165, 1.54) is 0 Å². The molecule has 0 bridgehead atoms. The molecule has 1 aromatic carbocycles. The van der Waals surface area contributed by atoms with Crippen LogP contribution >= 0.6 is 23.2 Å². The molecule has 0 aromatic heterocycles. The van der Waals surface area contributed by atoms with Crippen molar-refractivity contribution in [2.24, 2.45) is 0 Å². The summed E-state index contributed by atoms with van der Waals surface area (Å²) in [6.45, 7) is 1.82. The summed E-state index contributed by atoms with van der Waals surface area (Å²) in [4.78, 5) is 0. The Hall–Kier alpha value is -0.280. The molecule has 0 saturated carbocycles. The van der Waals surface area contributed by atoms with Gasteiger partial charge in [-0.15, -0.1) is 11.6 Å². The van der Waals surface area contributed by atoms with E-state index in [1.807, 2.05) is 24.3 Å². The molecule has 1 heterocycles. The Morgan fingerprint density at radius 3 is 2.53 bits per heavy atom. The van der Waals surface area contributed by atoms with Crippen molar-refractivity contribution in [1.29, 1.82) is 0 Å². The van der Waals surface area contributed by atoms with Gasteiger partial charge < -0.3 is 9.47 Å². The van der Waals surface area contributed by atoms with Gasteiger partial charge in [0.25, 0.3) is 0 Å². The van der Waals surface area contributed by atoms with Crippen molar-refractivity contribution in [1.82, 2.24) is 0 Å². The minimum absolute atomic E-state index is 0.0680. The number of hydrogen-bond donors (Lipinski definition) is 0. The summed E-state index contributed by atoms with van der Waals surface area (Å²) in [6, 6.07) is 7.49. The maximum absolute atomic E-state index is 6.29. The normalized spacial score (nSPS) is 23.7. The highest BCUT2D eigenvalue weighted by Gasteiger charge is 2.24. The Kier molecular flexibility index (Phi) is 3.87. The first-order chi connectivity index (χ1) is 7.27. The second-order valence-electron chi connectivity index (χ2n) is 3.44. The van der Waals surface area contributed by atoms with Crippen LogP contribution in [-0.2, 0) is 9.47 Å². The van der Waals surface area contributed by atoms with E-state index in [4.69, 9.17) is 32.7 Å². The molecule has 0 N–H and O–H groups in total. The van der Waals surface area contributed by atoms with Crippen molar-refractivity contribution in [2.75, 3.05) is 19.8 Å². The maximum atomic E-state index is 6.29. The van der Waals surface area contributed by atoms with Gasteiger partial charge >= 0.3 is 0 Å². The van der Waals surface area contributed by atoms with Gasteiger partial charge in [0.15, 0.2) is 0 Å². The molecular weight excluding hydrogens is 235 g/mol. The zero-order valence-corrected chi connectivity index (χ0v) is 9.67. The Morgan fingerprint density at radius 1 is 1.20 bits per heavy atom. The summed E-state index contributed by atoms with van der Waals surface area (Å²) < 4.78 is 10.8. The lowest BCUT2D eigenvalue weighted by Crippen LogP contribution is -2.31. The van der Waals surface area contributed by atoms with Crippen LogP contribution in [0.1, 0.15) is 10.9 Å². The molecule has 0 amide bonds. The third kappa shape index (κ3) is 2.85. The van der Waals surface area contributed by atoms with E-state index in [0.717, 1.165) is 5.56 Å². The SMILES string of the molecule is Clc1ccc(C(Cl)C2COCCO2)cc1. The van der Waals surface area contributed by atoms with E-state index in [9.17, 15) is 0 Å². The fourth-order valence-electron chi connectivity index (χ4n) is 1.54. The molecule has 15 heavy (non-hydrogen) atoms. The molecule has 2 unspecified atom stereocenters. The van der Waals surface area contributed by atoms with E-state index in [2.05, 4.69) is 0 Å². The van der Waals surface area contributed by atoms with Crippen LogP contribution in [0.3, 0.4) is 0 Å². The quantitative estimate of drug-likeness (QED) is 0.748. The zero-order chi connectivity index (χ0) is 10.7. The largest absolute Gasteiger partial charge is 0.376 e. The van der Waals surface area contributed by atoms with Crippen LogP contribution in [-0.4, -0.2) is 25.9 Å². The third-order valence-electron chi connectivity index (χ3n) is 2.36. The lowest BCUT2D eigenvalue weighted by atomic mass is 10.1. The number of alkyl halides is 1. The monoisotopic (exact) mass is 246 g/mol. The second-order valence-corrected chi connectivity index (χ2v) is 4.34. The van der Waals surface area contributed by atoms with E-state index < -0.39 is 0 Å². The number of halogens is 2. The molecule has 0 radical (unpaired) electrons. The molecule has 2 nitrogen and oxygen atoms in total. The van der Waals surface area contributed by atoms with Crippen molar-refractivity contribution in [3.8, 4) is 0 Å². The Balaban J connectivity index is 2.05. The van der Waals surface area contributed by atoms with Crippen LogP contribution in [0.2, 0.25) is 5.02 Å². The fraction of sp³-hybridized carbons (Fsp3) is 0.455. The van der Waals surface area contributed by atoms with Gasteiger partial charge in [0.05, 0.1) is 25.2 Å². The van der Waals surface area contributed by atoms with Gasteiger partial charge in [-0.2, -0.15) is 0 Å². The van der Waals surface area contributed by atoms with Gasteiger partial charge in [0.1, 0.15) is 6.10 Å². The summed E-state index contributed by atoms with van der Waals surface area (Å²) in [6.07, 6.45) is -0.0680. The summed E-state index contributed by atoms with van der Waals surface area (Å²) in [7, 11) is 0. The molecule has 0 spiro atoms. The summed E-state index contributed by atoms with van der Waals surface area (Å²) in [5.74, 6) is 0. The van der Waals surface area contributed by atoms with Crippen LogP contribution in [0.25, 0.3) is 0 Å². The number of benzene rings is 1. The van der Waals surface area contributed by atoms with Gasteiger partial charge in [0, 0.05) is 5.02 Å². The van der Waals surface area contributed by atoms with Crippen LogP contribution < -0.4 is 0 Å². The van der Waals surface area contributed by atoms with Gasteiger partial charge in [-0.25, -0.2) is 0 Å². The van der Waals surface area contributed by atoms with Crippen molar-refractivity contribution < 1.29 is 9.47 Å². The highest BCUT2D eigenvalue weighted by molar-refractivity contribution is 6.30. The Bertz CT molecular complexity index is 307.